The molecule has 27 heavy (non-hydrogen) atoms. The Morgan fingerprint density at radius 1 is 1.15 bits per heavy atom. The first-order valence-electron chi connectivity index (χ1n) is 9.44. The molecule has 0 spiro atoms. The average Bonchev–Trinajstić information content (AvgIpc) is 2.59. The molecule has 0 aliphatic carbocycles. The molecule has 2 aliphatic heterocycles. The fourth-order valence-electron chi connectivity index (χ4n) is 4.32. The van der Waals surface area contributed by atoms with Crippen LogP contribution in [-0.2, 0) is 0 Å². The predicted molar refractivity (Wildman–Crippen MR) is 113 cm³/mol. The van der Waals surface area contributed by atoms with Gasteiger partial charge in [-0.1, -0.05) is 23.8 Å². The predicted octanol–water partition coefficient (Wildman–Crippen LogP) is 6.37. The fourth-order valence-corrected chi connectivity index (χ4v) is 4.32. The van der Waals surface area contributed by atoms with Gasteiger partial charge in [-0.15, -0.1) is 0 Å². The van der Waals surface area contributed by atoms with E-state index in [0.29, 0.717) is 0 Å². The topological polar surface area (TPSA) is 30.5 Å². The van der Waals surface area contributed by atoms with Crippen molar-refractivity contribution >= 4 is 11.3 Å². The second-order valence-electron chi connectivity index (χ2n) is 8.24. The highest BCUT2D eigenvalue weighted by Crippen LogP contribution is 2.52. The van der Waals surface area contributed by atoms with Crippen LogP contribution in [0.5, 0.6) is 11.5 Å². The van der Waals surface area contributed by atoms with Crippen LogP contribution in [0.2, 0.25) is 0 Å². The molecule has 140 valence electrons. The lowest BCUT2D eigenvalue weighted by atomic mass is 9.81. The summed E-state index contributed by atoms with van der Waals surface area (Å²) in [5.74, 6) is 1.71. The zero-order valence-electron chi connectivity index (χ0n) is 16.9. The van der Waals surface area contributed by atoms with E-state index in [4.69, 9.17) is 9.47 Å². The molecule has 2 aromatic carbocycles. The third-order valence-corrected chi connectivity index (χ3v) is 5.17. The van der Waals surface area contributed by atoms with Gasteiger partial charge in [-0.3, -0.25) is 0 Å². The molecule has 1 N–H and O–H groups in total. The number of benzene rings is 2. The number of fused-ring (bicyclic) bond motifs is 5. The minimum Gasteiger partial charge on any atom is -0.496 e. The molecular formula is C24H27NO2. The van der Waals surface area contributed by atoms with Crippen molar-refractivity contribution in [2.24, 2.45) is 0 Å². The molecule has 1 atom stereocenters. The lowest BCUT2D eigenvalue weighted by Crippen LogP contribution is -2.32. The van der Waals surface area contributed by atoms with E-state index in [1.54, 1.807) is 7.11 Å². The average molecular weight is 361 g/mol. The number of nitrogens with one attached hydrogen (secondary N) is 1. The van der Waals surface area contributed by atoms with Gasteiger partial charge in [0.05, 0.1) is 18.2 Å². The molecule has 0 amide bonds. The molecule has 0 aromatic heterocycles. The van der Waals surface area contributed by atoms with Crippen molar-refractivity contribution in [3.63, 3.8) is 0 Å². The Hall–Kier alpha value is -2.68. The Labute approximate surface area is 161 Å². The van der Waals surface area contributed by atoms with Crippen LogP contribution >= 0.6 is 0 Å². The zero-order chi connectivity index (χ0) is 19.3. The summed E-state index contributed by atoms with van der Waals surface area (Å²) in [5, 5.41) is 3.66. The van der Waals surface area contributed by atoms with Gasteiger partial charge in [-0.2, -0.15) is 0 Å². The van der Waals surface area contributed by atoms with Gasteiger partial charge < -0.3 is 14.8 Å². The first-order valence-corrected chi connectivity index (χ1v) is 9.44. The van der Waals surface area contributed by atoms with Gasteiger partial charge in [0, 0.05) is 16.8 Å². The Morgan fingerprint density at radius 3 is 2.63 bits per heavy atom. The van der Waals surface area contributed by atoms with Gasteiger partial charge >= 0.3 is 0 Å². The second-order valence-corrected chi connectivity index (χ2v) is 8.24. The smallest absolute Gasteiger partial charge is 0.143 e. The van der Waals surface area contributed by atoms with Crippen molar-refractivity contribution in [2.75, 3.05) is 12.4 Å². The lowest BCUT2D eigenvalue weighted by Gasteiger charge is -2.36. The Balaban J connectivity index is 2.05. The van der Waals surface area contributed by atoms with E-state index >= 15 is 0 Å². The summed E-state index contributed by atoms with van der Waals surface area (Å²) in [6.45, 7) is 10.8. The largest absolute Gasteiger partial charge is 0.496 e. The first kappa shape index (κ1) is 17.7. The number of hydrogen-bond donors (Lipinski definition) is 1. The van der Waals surface area contributed by atoms with E-state index in [1.807, 2.05) is 18.2 Å². The quantitative estimate of drug-likeness (QED) is 0.631. The third kappa shape index (κ3) is 2.91. The molecule has 3 nitrogen and oxygen atoms in total. The van der Waals surface area contributed by atoms with Crippen LogP contribution in [0.15, 0.2) is 48.1 Å². The highest BCUT2D eigenvalue weighted by atomic mass is 16.5. The second kappa shape index (κ2) is 6.19. The number of rotatable bonds is 2. The van der Waals surface area contributed by atoms with Gasteiger partial charge in [-0.05, 0) is 70.0 Å². The summed E-state index contributed by atoms with van der Waals surface area (Å²) in [5.41, 5.74) is 8.28. The van der Waals surface area contributed by atoms with E-state index in [1.165, 1.54) is 27.8 Å². The maximum atomic E-state index is 6.47. The maximum absolute atomic E-state index is 6.47. The van der Waals surface area contributed by atoms with Crippen molar-refractivity contribution in [1.29, 1.82) is 0 Å². The molecule has 0 radical (unpaired) electrons. The number of hydrogen-bond acceptors (Lipinski definition) is 3. The van der Waals surface area contributed by atoms with Gasteiger partial charge in [0.15, 0.2) is 0 Å². The summed E-state index contributed by atoms with van der Waals surface area (Å²) >= 11 is 0. The molecule has 4 rings (SSSR count). The van der Waals surface area contributed by atoms with E-state index in [2.05, 4.69) is 64.2 Å². The Kier molecular flexibility index (Phi) is 4.06. The van der Waals surface area contributed by atoms with E-state index in [9.17, 15) is 0 Å². The fraction of sp³-hybridized carbons (Fsp3) is 0.333. The normalized spacial score (nSPS) is 18.7. The van der Waals surface area contributed by atoms with E-state index in [-0.39, 0.29) is 11.6 Å². The molecule has 0 saturated carbocycles. The van der Waals surface area contributed by atoms with Gasteiger partial charge in [0.2, 0.25) is 0 Å². The summed E-state index contributed by atoms with van der Waals surface area (Å²) in [7, 11) is 1.71. The molecule has 2 heterocycles. The Morgan fingerprint density at radius 2 is 1.93 bits per heavy atom. The molecule has 1 unspecified atom stereocenters. The molecule has 0 fully saturated rings. The minimum absolute atomic E-state index is 0.0670. The third-order valence-electron chi connectivity index (χ3n) is 5.17. The van der Waals surface area contributed by atoms with Crippen LogP contribution in [0.1, 0.15) is 51.8 Å². The SMILES string of the molecule is COc1cccc2c1-c1ccc3c(c1C(C=C(C)C)O2)C(C)=CC(C)(C)N3. The first-order chi connectivity index (χ1) is 12.8. The van der Waals surface area contributed by atoms with Crippen LogP contribution in [0.25, 0.3) is 16.7 Å². The van der Waals surface area contributed by atoms with Crippen molar-refractivity contribution in [2.45, 2.75) is 46.3 Å². The molecule has 2 aromatic rings. The number of allylic oxidation sites excluding steroid dienone is 2. The maximum Gasteiger partial charge on any atom is 0.143 e. The van der Waals surface area contributed by atoms with Crippen LogP contribution in [0, 0.1) is 0 Å². The zero-order valence-corrected chi connectivity index (χ0v) is 16.9. The highest BCUT2D eigenvalue weighted by Gasteiger charge is 2.33. The monoisotopic (exact) mass is 361 g/mol. The van der Waals surface area contributed by atoms with E-state index < -0.39 is 0 Å². The van der Waals surface area contributed by atoms with Gasteiger partial charge in [0.25, 0.3) is 0 Å². The summed E-state index contributed by atoms with van der Waals surface area (Å²) in [6, 6.07) is 10.4. The molecule has 0 bridgehead atoms. The van der Waals surface area contributed by atoms with Crippen LogP contribution in [0.3, 0.4) is 0 Å². The summed E-state index contributed by atoms with van der Waals surface area (Å²) < 4.78 is 12.1. The number of ether oxygens (including phenoxy) is 2. The molecule has 2 aliphatic rings. The number of methoxy groups -OCH3 is 1. The summed E-state index contributed by atoms with van der Waals surface area (Å²) in [6.07, 6.45) is 4.38. The Bertz CT molecular complexity index is 978. The van der Waals surface area contributed by atoms with E-state index in [0.717, 1.165) is 22.7 Å². The van der Waals surface area contributed by atoms with Crippen LogP contribution in [0.4, 0.5) is 5.69 Å². The number of anilines is 1. The van der Waals surface area contributed by atoms with Crippen LogP contribution in [-0.4, -0.2) is 12.6 Å². The lowest BCUT2D eigenvalue weighted by molar-refractivity contribution is 0.249. The summed E-state index contributed by atoms with van der Waals surface area (Å²) in [4.78, 5) is 0. The standard InChI is InChI=1S/C24H27NO2/c1-14(2)12-20-23-16(22-18(26-6)8-7-9-19(22)27-20)10-11-17-21(23)15(3)13-24(4,5)25-17/h7-13,20,25H,1-6H3. The van der Waals surface area contributed by atoms with Crippen molar-refractivity contribution < 1.29 is 9.47 Å². The van der Waals surface area contributed by atoms with Crippen molar-refractivity contribution in [1.82, 2.24) is 0 Å². The van der Waals surface area contributed by atoms with Crippen molar-refractivity contribution in [3.8, 4) is 22.6 Å². The van der Waals surface area contributed by atoms with Crippen LogP contribution < -0.4 is 14.8 Å². The highest BCUT2D eigenvalue weighted by molar-refractivity contribution is 5.91. The molecular weight excluding hydrogens is 334 g/mol. The van der Waals surface area contributed by atoms with Crippen molar-refractivity contribution in [3.05, 3.63) is 59.2 Å². The molecule has 3 heteroatoms. The minimum atomic E-state index is -0.120. The molecule has 0 saturated heterocycles. The van der Waals surface area contributed by atoms with Gasteiger partial charge in [-0.25, -0.2) is 0 Å². The van der Waals surface area contributed by atoms with Gasteiger partial charge in [0.1, 0.15) is 17.6 Å².